The first-order chi connectivity index (χ1) is 9.13. The lowest BCUT2D eigenvalue weighted by molar-refractivity contribution is 0.0948. The number of hydrogen-bond donors (Lipinski definition) is 1. The van der Waals surface area contributed by atoms with E-state index >= 15 is 0 Å². The summed E-state index contributed by atoms with van der Waals surface area (Å²) in [5.41, 5.74) is 1.58. The molecule has 2 rings (SSSR count). The van der Waals surface area contributed by atoms with Gasteiger partial charge in [-0.25, -0.2) is 9.07 Å². The molecule has 19 heavy (non-hydrogen) atoms. The van der Waals surface area contributed by atoms with Crippen molar-refractivity contribution in [2.45, 2.75) is 20.3 Å². The monoisotopic (exact) mass is 262 g/mol. The van der Waals surface area contributed by atoms with Gasteiger partial charge in [-0.05, 0) is 37.6 Å². The third-order valence-corrected chi connectivity index (χ3v) is 2.72. The van der Waals surface area contributed by atoms with Gasteiger partial charge < -0.3 is 5.32 Å². The Balaban J connectivity index is 2.27. The minimum Gasteiger partial charge on any atom is -0.351 e. The molecule has 1 amide bonds. The third kappa shape index (κ3) is 2.78. The van der Waals surface area contributed by atoms with Gasteiger partial charge in [-0.15, -0.1) is 5.10 Å². The summed E-state index contributed by atoms with van der Waals surface area (Å²) in [5, 5.41) is 10.6. The number of amides is 1. The van der Waals surface area contributed by atoms with Crippen LogP contribution in [0.5, 0.6) is 0 Å². The van der Waals surface area contributed by atoms with Gasteiger partial charge >= 0.3 is 0 Å². The van der Waals surface area contributed by atoms with Crippen LogP contribution < -0.4 is 5.32 Å². The second-order valence-corrected chi connectivity index (χ2v) is 4.17. The van der Waals surface area contributed by atoms with Crippen LogP contribution in [0.1, 0.15) is 29.5 Å². The van der Waals surface area contributed by atoms with E-state index in [0.717, 1.165) is 6.42 Å². The molecule has 0 saturated heterocycles. The molecule has 1 N–H and O–H groups in total. The van der Waals surface area contributed by atoms with E-state index in [1.165, 1.54) is 16.8 Å². The molecule has 0 saturated carbocycles. The zero-order valence-corrected chi connectivity index (χ0v) is 10.9. The Morgan fingerprint density at radius 3 is 2.68 bits per heavy atom. The molecule has 0 atom stereocenters. The largest absolute Gasteiger partial charge is 0.351 e. The van der Waals surface area contributed by atoms with Crippen LogP contribution in [0.3, 0.4) is 0 Å². The highest BCUT2D eigenvalue weighted by Crippen LogP contribution is 2.12. The van der Waals surface area contributed by atoms with Crippen molar-refractivity contribution in [2.75, 3.05) is 6.54 Å². The first-order valence-electron chi connectivity index (χ1n) is 6.10. The molecule has 1 heterocycles. The maximum absolute atomic E-state index is 12.9. The molecule has 0 bridgehead atoms. The Morgan fingerprint density at radius 1 is 1.37 bits per heavy atom. The second kappa shape index (κ2) is 5.60. The molecule has 100 valence electrons. The first-order valence-corrected chi connectivity index (χ1v) is 6.10. The third-order valence-electron chi connectivity index (χ3n) is 2.72. The highest BCUT2D eigenvalue weighted by atomic mass is 19.1. The smallest absolute Gasteiger partial charge is 0.273 e. The van der Waals surface area contributed by atoms with E-state index in [1.54, 1.807) is 19.1 Å². The topological polar surface area (TPSA) is 59.8 Å². The van der Waals surface area contributed by atoms with Gasteiger partial charge in [-0.2, -0.15) is 0 Å². The van der Waals surface area contributed by atoms with Crippen LogP contribution in [0, 0.1) is 12.7 Å². The zero-order valence-electron chi connectivity index (χ0n) is 10.9. The fourth-order valence-corrected chi connectivity index (χ4v) is 1.69. The van der Waals surface area contributed by atoms with Crippen molar-refractivity contribution in [3.8, 4) is 5.69 Å². The molecule has 1 aromatic carbocycles. The number of carbonyl (C=O) groups is 1. The highest BCUT2D eigenvalue weighted by molar-refractivity contribution is 5.93. The average molecular weight is 262 g/mol. The molecule has 0 fully saturated rings. The second-order valence-electron chi connectivity index (χ2n) is 4.17. The maximum atomic E-state index is 12.9. The van der Waals surface area contributed by atoms with Crippen LogP contribution in [0.25, 0.3) is 5.69 Å². The summed E-state index contributed by atoms with van der Waals surface area (Å²) in [6.45, 7) is 4.33. The van der Waals surface area contributed by atoms with E-state index in [4.69, 9.17) is 0 Å². The molecule has 0 radical (unpaired) electrons. The van der Waals surface area contributed by atoms with Crippen LogP contribution in [-0.4, -0.2) is 27.4 Å². The summed E-state index contributed by atoms with van der Waals surface area (Å²) in [7, 11) is 0. The van der Waals surface area contributed by atoms with Gasteiger partial charge in [0.2, 0.25) is 0 Å². The predicted molar refractivity (Wildman–Crippen MR) is 68.7 cm³/mol. The van der Waals surface area contributed by atoms with Gasteiger partial charge in [0.25, 0.3) is 5.91 Å². The van der Waals surface area contributed by atoms with Crippen molar-refractivity contribution in [1.82, 2.24) is 20.3 Å². The quantitative estimate of drug-likeness (QED) is 0.914. The van der Waals surface area contributed by atoms with Crippen LogP contribution in [0.15, 0.2) is 24.3 Å². The lowest BCUT2D eigenvalue weighted by Crippen LogP contribution is -2.25. The molecule has 1 aromatic heterocycles. The van der Waals surface area contributed by atoms with Gasteiger partial charge in [0, 0.05) is 6.54 Å². The summed E-state index contributed by atoms with van der Waals surface area (Å²) in [6.07, 6.45) is 0.858. The van der Waals surface area contributed by atoms with Crippen molar-refractivity contribution in [3.05, 3.63) is 41.5 Å². The molecule has 0 aliphatic heterocycles. The number of rotatable bonds is 4. The van der Waals surface area contributed by atoms with E-state index < -0.39 is 0 Å². The Morgan fingerprint density at radius 2 is 2.05 bits per heavy atom. The lowest BCUT2D eigenvalue weighted by Gasteiger charge is -2.04. The number of hydrogen-bond acceptors (Lipinski definition) is 3. The van der Waals surface area contributed by atoms with Gasteiger partial charge in [0.1, 0.15) is 5.82 Å². The van der Waals surface area contributed by atoms with Crippen molar-refractivity contribution in [2.24, 2.45) is 0 Å². The van der Waals surface area contributed by atoms with E-state index in [2.05, 4.69) is 15.6 Å². The Kier molecular flexibility index (Phi) is 3.89. The summed E-state index contributed by atoms with van der Waals surface area (Å²) in [4.78, 5) is 11.8. The summed E-state index contributed by atoms with van der Waals surface area (Å²) in [6, 6.07) is 5.86. The normalized spacial score (nSPS) is 10.5. The van der Waals surface area contributed by atoms with Crippen molar-refractivity contribution >= 4 is 5.91 Å². The first kappa shape index (κ1) is 13.2. The standard InChI is InChI=1S/C13H15FN4O/c1-3-8-15-13(19)12-9(2)18(17-16-12)11-6-4-10(14)5-7-11/h4-7H,3,8H2,1-2H3,(H,15,19). The van der Waals surface area contributed by atoms with Crippen LogP contribution >= 0.6 is 0 Å². The summed E-state index contributed by atoms with van der Waals surface area (Å²) < 4.78 is 14.4. The Hall–Kier alpha value is -2.24. The number of benzene rings is 1. The van der Waals surface area contributed by atoms with Crippen LogP contribution in [-0.2, 0) is 0 Å². The van der Waals surface area contributed by atoms with Gasteiger partial charge in [-0.1, -0.05) is 12.1 Å². The number of carbonyl (C=O) groups excluding carboxylic acids is 1. The van der Waals surface area contributed by atoms with Crippen molar-refractivity contribution in [3.63, 3.8) is 0 Å². The van der Waals surface area contributed by atoms with Crippen molar-refractivity contribution < 1.29 is 9.18 Å². The maximum Gasteiger partial charge on any atom is 0.273 e. The van der Waals surface area contributed by atoms with Crippen LogP contribution in [0.4, 0.5) is 4.39 Å². The molecule has 0 aliphatic carbocycles. The molecular formula is C13H15FN4O. The number of halogens is 1. The fourth-order valence-electron chi connectivity index (χ4n) is 1.69. The number of nitrogens with zero attached hydrogens (tertiary/aromatic N) is 3. The zero-order chi connectivity index (χ0) is 13.8. The van der Waals surface area contributed by atoms with Crippen LogP contribution in [0.2, 0.25) is 0 Å². The molecule has 0 unspecified atom stereocenters. The number of nitrogens with one attached hydrogen (secondary N) is 1. The highest BCUT2D eigenvalue weighted by Gasteiger charge is 2.16. The predicted octanol–water partition coefficient (Wildman–Crippen LogP) is 1.85. The molecule has 0 spiro atoms. The molecule has 6 heteroatoms. The average Bonchev–Trinajstić information content (AvgIpc) is 2.79. The minimum atomic E-state index is -0.317. The molecule has 5 nitrogen and oxygen atoms in total. The van der Waals surface area contributed by atoms with E-state index in [0.29, 0.717) is 17.9 Å². The van der Waals surface area contributed by atoms with Gasteiger partial charge in [0.15, 0.2) is 5.69 Å². The molecule has 0 aliphatic rings. The van der Waals surface area contributed by atoms with Gasteiger partial charge in [0.05, 0.1) is 11.4 Å². The van der Waals surface area contributed by atoms with E-state index in [-0.39, 0.29) is 17.4 Å². The summed E-state index contributed by atoms with van der Waals surface area (Å²) in [5.74, 6) is -0.560. The van der Waals surface area contributed by atoms with Gasteiger partial charge in [-0.3, -0.25) is 4.79 Å². The molecule has 2 aromatic rings. The van der Waals surface area contributed by atoms with Crippen molar-refractivity contribution in [1.29, 1.82) is 0 Å². The number of aromatic nitrogens is 3. The lowest BCUT2D eigenvalue weighted by atomic mass is 10.2. The van der Waals surface area contributed by atoms with E-state index in [9.17, 15) is 9.18 Å². The van der Waals surface area contributed by atoms with E-state index in [1.807, 2.05) is 6.92 Å². The molecular weight excluding hydrogens is 247 g/mol. The fraction of sp³-hybridized carbons (Fsp3) is 0.308. The Labute approximate surface area is 110 Å². The SMILES string of the molecule is CCCNC(=O)c1nnn(-c2ccc(F)cc2)c1C. The Bertz CT molecular complexity index is 577. The minimum absolute atomic E-state index is 0.243. The summed E-state index contributed by atoms with van der Waals surface area (Å²) >= 11 is 0.